The van der Waals surface area contributed by atoms with Crippen LogP contribution in [0.25, 0.3) is 0 Å². The quantitative estimate of drug-likeness (QED) is 0.785. The van der Waals surface area contributed by atoms with Crippen LogP contribution in [0.2, 0.25) is 5.02 Å². The molecular weight excluding hydrogens is 414 g/mol. The summed E-state index contributed by atoms with van der Waals surface area (Å²) in [7, 11) is -7.89. The largest absolute Gasteiger partial charge is 0.478 e. The first kappa shape index (κ1) is 19.4. The van der Waals surface area contributed by atoms with Crippen LogP contribution in [-0.2, 0) is 19.9 Å². The van der Waals surface area contributed by atoms with Gasteiger partial charge in [0.1, 0.15) is 4.90 Å². The Morgan fingerprint density at radius 3 is 2.37 bits per heavy atom. The van der Waals surface area contributed by atoms with E-state index in [1.54, 1.807) is 18.2 Å². The van der Waals surface area contributed by atoms with Crippen molar-refractivity contribution in [3.05, 3.63) is 70.6 Å². The van der Waals surface area contributed by atoms with E-state index in [2.05, 4.69) is 0 Å². The topological polar surface area (TPSA) is 109 Å². The minimum atomic E-state index is -4.35. The van der Waals surface area contributed by atoms with E-state index in [4.69, 9.17) is 16.7 Å². The van der Waals surface area contributed by atoms with Crippen LogP contribution < -0.4 is 4.31 Å². The van der Waals surface area contributed by atoms with E-state index in [1.807, 2.05) is 0 Å². The first-order chi connectivity index (χ1) is 12.6. The lowest BCUT2D eigenvalue weighted by atomic mass is 10.2. The lowest BCUT2D eigenvalue weighted by Crippen LogP contribution is -2.41. The summed E-state index contributed by atoms with van der Waals surface area (Å²) in [6.45, 7) is 0. The van der Waals surface area contributed by atoms with Crippen molar-refractivity contribution in [2.75, 3.05) is 10.1 Å². The fourth-order valence-corrected chi connectivity index (χ4v) is 6.20. The van der Waals surface area contributed by atoms with Gasteiger partial charge in [0, 0.05) is 5.41 Å². The summed E-state index contributed by atoms with van der Waals surface area (Å²) >= 11 is 6.04. The highest BCUT2D eigenvalue weighted by Gasteiger charge is 2.37. The summed E-state index contributed by atoms with van der Waals surface area (Å²) in [5.41, 5.74) is -0.0124. The Bertz CT molecular complexity index is 1130. The zero-order valence-corrected chi connectivity index (χ0v) is 16.1. The van der Waals surface area contributed by atoms with Crippen LogP contribution in [0, 0.1) is 0 Å². The lowest BCUT2D eigenvalue weighted by Gasteiger charge is -2.29. The number of sulfone groups is 1. The van der Waals surface area contributed by atoms with Gasteiger partial charge in [0.05, 0.1) is 28.1 Å². The number of nitrogens with zero attached hydrogens (tertiary/aromatic N) is 1. The summed E-state index contributed by atoms with van der Waals surface area (Å²) < 4.78 is 51.3. The number of sulfonamides is 1. The fourth-order valence-electron chi connectivity index (χ4n) is 2.73. The van der Waals surface area contributed by atoms with Crippen molar-refractivity contribution < 1.29 is 26.7 Å². The van der Waals surface area contributed by atoms with Crippen molar-refractivity contribution >= 4 is 43.1 Å². The molecule has 2 aromatic carbocycles. The maximum Gasteiger partial charge on any atom is 0.335 e. The van der Waals surface area contributed by atoms with E-state index in [-0.39, 0.29) is 16.3 Å². The number of carboxylic acid groups (broad SMARTS) is 1. The molecule has 0 aromatic heterocycles. The number of anilines is 1. The van der Waals surface area contributed by atoms with E-state index in [0.717, 1.165) is 15.8 Å². The average Bonchev–Trinajstić information content (AvgIpc) is 2.95. The van der Waals surface area contributed by atoms with Crippen LogP contribution in [0.15, 0.2) is 64.9 Å². The molecule has 10 heteroatoms. The number of aromatic carboxylic acids is 1. The van der Waals surface area contributed by atoms with Crippen molar-refractivity contribution in [1.29, 1.82) is 0 Å². The molecule has 7 nitrogen and oxygen atoms in total. The molecule has 3 rings (SSSR count). The second-order valence-corrected chi connectivity index (χ2v) is 9.93. The van der Waals surface area contributed by atoms with Crippen LogP contribution in [0.3, 0.4) is 0 Å². The zero-order valence-electron chi connectivity index (χ0n) is 13.7. The summed E-state index contributed by atoms with van der Waals surface area (Å²) in [6, 6.07) is 10.3. The van der Waals surface area contributed by atoms with Crippen molar-refractivity contribution in [1.82, 2.24) is 0 Å². The van der Waals surface area contributed by atoms with Crippen LogP contribution in [-0.4, -0.2) is 39.7 Å². The van der Waals surface area contributed by atoms with Crippen molar-refractivity contribution in [3.63, 3.8) is 0 Å². The van der Waals surface area contributed by atoms with Gasteiger partial charge in [0.25, 0.3) is 10.0 Å². The van der Waals surface area contributed by atoms with Gasteiger partial charge in [-0.15, -0.1) is 0 Å². The number of carboxylic acids is 1. The zero-order chi connectivity index (χ0) is 19.8. The number of hydrogen-bond donors (Lipinski definition) is 1. The molecule has 1 aliphatic rings. The predicted octanol–water partition coefficient (Wildman–Crippen LogP) is 2.54. The monoisotopic (exact) mass is 427 g/mol. The number of rotatable bonds is 5. The highest BCUT2D eigenvalue weighted by atomic mass is 35.5. The Balaban J connectivity index is 2.19. The van der Waals surface area contributed by atoms with Gasteiger partial charge in [-0.1, -0.05) is 29.8 Å². The Morgan fingerprint density at radius 1 is 1.15 bits per heavy atom. The molecule has 2 aromatic rings. The van der Waals surface area contributed by atoms with Crippen LogP contribution in [0.1, 0.15) is 10.4 Å². The van der Waals surface area contributed by atoms with Crippen molar-refractivity contribution in [3.8, 4) is 0 Å². The second kappa shape index (κ2) is 6.99. The Morgan fingerprint density at radius 2 is 1.81 bits per heavy atom. The second-order valence-electron chi connectivity index (χ2n) is 5.81. The van der Waals surface area contributed by atoms with Gasteiger partial charge in [0.15, 0.2) is 9.84 Å². The van der Waals surface area contributed by atoms with Crippen molar-refractivity contribution in [2.45, 2.75) is 10.9 Å². The fraction of sp³-hybridized carbons (Fsp3) is 0.118. The molecule has 0 bridgehead atoms. The average molecular weight is 428 g/mol. The molecule has 0 saturated carbocycles. The van der Waals surface area contributed by atoms with Crippen LogP contribution in [0.5, 0.6) is 0 Å². The maximum atomic E-state index is 13.3. The van der Waals surface area contributed by atoms with E-state index >= 15 is 0 Å². The van der Waals surface area contributed by atoms with Gasteiger partial charge in [-0.25, -0.2) is 21.6 Å². The molecule has 0 unspecified atom stereocenters. The highest BCUT2D eigenvalue weighted by Crippen LogP contribution is 2.33. The molecule has 0 amide bonds. The summed E-state index contributed by atoms with van der Waals surface area (Å²) in [6.07, 6.45) is 1.29. The third-order valence-corrected chi connectivity index (χ3v) is 7.65. The lowest BCUT2D eigenvalue weighted by molar-refractivity contribution is 0.0696. The third-order valence-electron chi connectivity index (χ3n) is 3.94. The molecule has 0 saturated heterocycles. The molecule has 0 aliphatic carbocycles. The summed E-state index contributed by atoms with van der Waals surface area (Å²) in [5.74, 6) is -1.73. The molecule has 0 spiro atoms. The number of halogens is 1. The molecule has 1 aliphatic heterocycles. The van der Waals surface area contributed by atoms with E-state index < -0.39 is 42.5 Å². The van der Waals surface area contributed by atoms with Crippen LogP contribution in [0.4, 0.5) is 5.69 Å². The number of para-hydroxylation sites is 1. The normalized spacial score (nSPS) is 18.3. The summed E-state index contributed by atoms with van der Waals surface area (Å²) in [4.78, 5) is 10.8. The van der Waals surface area contributed by atoms with Gasteiger partial charge in [-0.3, -0.25) is 4.31 Å². The van der Waals surface area contributed by atoms with Gasteiger partial charge in [-0.2, -0.15) is 0 Å². The van der Waals surface area contributed by atoms with E-state index in [1.165, 1.54) is 30.3 Å². The Hall–Kier alpha value is -2.36. The first-order valence-electron chi connectivity index (χ1n) is 7.65. The van der Waals surface area contributed by atoms with Gasteiger partial charge < -0.3 is 5.11 Å². The number of carbonyl (C=O) groups is 1. The number of hydrogen-bond acceptors (Lipinski definition) is 5. The van der Waals surface area contributed by atoms with Crippen LogP contribution >= 0.6 is 11.6 Å². The maximum absolute atomic E-state index is 13.3. The SMILES string of the molecule is O=C(O)c1ccc(Cl)c(S(=O)(=O)N(c2ccccc2)[C@@H]2C=CS(=O)(=O)C2)c1. The van der Waals surface area contributed by atoms with Gasteiger partial charge >= 0.3 is 5.97 Å². The Labute approximate surface area is 161 Å². The summed E-state index contributed by atoms with van der Waals surface area (Å²) in [5, 5.41) is 9.97. The number of benzene rings is 2. The molecule has 142 valence electrons. The molecule has 1 heterocycles. The molecule has 27 heavy (non-hydrogen) atoms. The first-order valence-corrected chi connectivity index (χ1v) is 11.2. The standard InChI is InChI=1S/C17H14ClNO6S2/c18-15-7-6-12(17(20)21)10-16(15)27(24,25)19(13-4-2-1-3-5-13)14-8-9-26(22,23)11-14/h1-10,14H,11H2,(H,20,21)/t14-/m1/s1. The molecule has 1 N–H and O–H groups in total. The highest BCUT2D eigenvalue weighted by molar-refractivity contribution is 7.95. The van der Waals surface area contributed by atoms with E-state index in [0.29, 0.717) is 0 Å². The van der Waals surface area contributed by atoms with E-state index in [9.17, 15) is 21.6 Å². The third kappa shape index (κ3) is 3.85. The van der Waals surface area contributed by atoms with Gasteiger partial charge in [0.2, 0.25) is 0 Å². The molecular formula is C17H14ClNO6S2. The van der Waals surface area contributed by atoms with Gasteiger partial charge in [-0.05, 0) is 36.4 Å². The van der Waals surface area contributed by atoms with Crippen molar-refractivity contribution in [2.24, 2.45) is 0 Å². The molecule has 1 atom stereocenters. The minimum Gasteiger partial charge on any atom is -0.478 e. The molecule has 0 fully saturated rings. The smallest absolute Gasteiger partial charge is 0.335 e. The predicted molar refractivity (Wildman–Crippen MR) is 101 cm³/mol. The molecule has 0 radical (unpaired) electrons. The Kier molecular flexibility index (Phi) is 5.02. The minimum absolute atomic E-state index is 0.161.